The number of unbranched alkanes of at least 4 members (excludes halogenated alkanes) is 3. The number of benzene rings is 1. The molecule has 19 heavy (non-hydrogen) atoms. The first kappa shape index (κ1) is 15.2. The smallest absolute Gasteiger partial charge is 0.308 e. The zero-order valence-electron chi connectivity index (χ0n) is 11.8. The van der Waals surface area contributed by atoms with Crippen LogP contribution in [0.3, 0.4) is 0 Å². The summed E-state index contributed by atoms with van der Waals surface area (Å²) in [6.45, 7) is 2.18. The number of aliphatic imine (C=N–C) groups is 1. The maximum Gasteiger partial charge on any atom is 0.324 e. The number of urea groups is 1. The van der Waals surface area contributed by atoms with Gasteiger partial charge in [-0.1, -0.05) is 44.4 Å². The van der Waals surface area contributed by atoms with Gasteiger partial charge in [-0.3, -0.25) is 10.3 Å². The van der Waals surface area contributed by atoms with E-state index < -0.39 is 0 Å². The van der Waals surface area contributed by atoms with Crippen LogP contribution in [0.4, 0.5) is 10.5 Å². The van der Waals surface area contributed by atoms with Crippen molar-refractivity contribution in [1.29, 1.82) is 0 Å². The van der Waals surface area contributed by atoms with E-state index in [1.54, 1.807) is 7.05 Å². The summed E-state index contributed by atoms with van der Waals surface area (Å²) in [5, 5.41) is 5.57. The third kappa shape index (κ3) is 6.60. The summed E-state index contributed by atoms with van der Waals surface area (Å²) in [6.07, 6.45) is 5.50. The third-order valence-electron chi connectivity index (χ3n) is 2.83. The Morgan fingerprint density at radius 2 is 1.89 bits per heavy atom. The van der Waals surface area contributed by atoms with Crippen LogP contribution < -0.4 is 10.6 Å². The van der Waals surface area contributed by atoms with Crippen molar-refractivity contribution < 1.29 is 4.79 Å². The molecule has 0 aromatic heterocycles. The Bertz CT molecular complexity index is 401. The number of carbonyl (C=O) groups excluding carboxylic acids is 1. The number of amidine groups is 1. The molecule has 0 bridgehead atoms. The van der Waals surface area contributed by atoms with Crippen LogP contribution in [0, 0.1) is 0 Å². The van der Waals surface area contributed by atoms with E-state index in [9.17, 15) is 4.79 Å². The number of para-hydroxylation sites is 1. The van der Waals surface area contributed by atoms with Gasteiger partial charge in [0, 0.05) is 19.2 Å². The van der Waals surface area contributed by atoms with Crippen molar-refractivity contribution >= 4 is 17.6 Å². The minimum Gasteiger partial charge on any atom is -0.308 e. The molecule has 0 saturated carbocycles. The molecule has 0 atom stereocenters. The molecule has 1 aromatic carbocycles. The Morgan fingerprint density at radius 3 is 2.53 bits per heavy atom. The third-order valence-corrected chi connectivity index (χ3v) is 2.83. The van der Waals surface area contributed by atoms with Gasteiger partial charge in [0.1, 0.15) is 5.84 Å². The lowest BCUT2D eigenvalue weighted by Gasteiger charge is -2.09. The number of hydrogen-bond donors (Lipinski definition) is 2. The zero-order chi connectivity index (χ0) is 13.9. The van der Waals surface area contributed by atoms with Crippen molar-refractivity contribution in [3.05, 3.63) is 30.3 Å². The summed E-state index contributed by atoms with van der Waals surface area (Å²) in [5.74, 6) is 0.740. The van der Waals surface area contributed by atoms with Crippen LogP contribution in [0.25, 0.3) is 0 Å². The number of hydrogen-bond acceptors (Lipinski definition) is 2. The maximum atomic E-state index is 11.8. The average Bonchev–Trinajstić information content (AvgIpc) is 2.43. The van der Waals surface area contributed by atoms with Gasteiger partial charge >= 0.3 is 6.03 Å². The normalized spacial score (nSPS) is 11.2. The van der Waals surface area contributed by atoms with Crippen molar-refractivity contribution in [3.63, 3.8) is 0 Å². The topological polar surface area (TPSA) is 53.5 Å². The van der Waals surface area contributed by atoms with Crippen LogP contribution in [0.2, 0.25) is 0 Å². The van der Waals surface area contributed by atoms with Gasteiger partial charge in [-0.2, -0.15) is 0 Å². The molecule has 1 aromatic rings. The summed E-state index contributed by atoms with van der Waals surface area (Å²) in [7, 11) is 1.71. The van der Waals surface area contributed by atoms with E-state index in [-0.39, 0.29) is 6.03 Å². The van der Waals surface area contributed by atoms with Crippen molar-refractivity contribution in [2.45, 2.75) is 39.0 Å². The van der Waals surface area contributed by atoms with Crippen LogP contribution in [0.1, 0.15) is 39.0 Å². The average molecular weight is 261 g/mol. The Hall–Kier alpha value is -1.84. The Morgan fingerprint density at radius 1 is 1.16 bits per heavy atom. The second-order valence-corrected chi connectivity index (χ2v) is 4.43. The fourth-order valence-corrected chi connectivity index (χ4v) is 1.76. The SMILES string of the molecule is CCCCCCC(=NC)NC(=O)Nc1ccccc1. The van der Waals surface area contributed by atoms with E-state index in [1.165, 1.54) is 19.3 Å². The van der Waals surface area contributed by atoms with Gasteiger partial charge in [0.2, 0.25) is 0 Å². The minimum atomic E-state index is -0.234. The standard InChI is InChI=1S/C15H23N3O/c1-3-4-5-9-12-14(16-2)18-15(19)17-13-10-7-6-8-11-13/h6-8,10-11H,3-5,9,12H2,1-2H3,(H2,16,17,18,19). The van der Waals surface area contributed by atoms with E-state index in [0.717, 1.165) is 24.4 Å². The minimum absolute atomic E-state index is 0.234. The summed E-state index contributed by atoms with van der Waals surface area (Å²) in [4.78, 5) is 15.9. The Kier molecular flexibility index (Phi) is 7.32. The van der Waals surface area contributed by atoms with Gasteiger partial charge in [-0.25, -0.2) is 4.79 Å². The lowest BCUT2D eigenvalue weighted by molar-refractivity contribution is 0.256. The van der Waals surface area contributed by atoms with Crippen molar-refractivity contribution in [2.24, 2.45) is 4.99 Å². The lowest BCUT2D eigenvalue weighted by Crippen LogP contribution is -2.34. The second kappa shape index (κ2) is 9.14. The highest BCUT2D eigenvalue weighted by molar-refractivity contribution is 6.03. The summed E-state index contributed by atoms with van der Waals surface area (Å²) < 4.78 is 0. The predicted octanol–water partition coefficient (Wildman–Crippen LogP) is 3.81. The quantitative estimate of drug-likeness (QED) is 0.456. The van der Waals surface area contributed by atoms with Crippen molar-refractivity contribution in [3.8, 4) is 0 Å². The largest absolute Gasteiger partial charge is 0.324 e. The van der Waals surface area contributed by atoms with E-state index in [2.05, 4.69) is 22.5 Å². The maximum absolute atomic E-state index is 11.8. The van der Waals surface area contributed by atoms with Crippen LogP contribution in [-0.2, 0) is 0 Å². The van der Waals surface area contributed by atoms with E-state index in [1.807, 2.05) is 30.3 Å². The second-order valence-electron chi connectivity index (χ2n) is 4.43. The molecule has 0 aliphatic rings. The first-order valence-electron chi connectivity index (χ1n) is 6.85. The summed E-state index contributed by atoms with van der Waals surface area (Å²) >= 11 is 0. The fraction of sp³-hybridized carbons (Fsp3) is 0.467. The lowest BCUT2D eigenvalue weighted by atomic mass is 10.1. The molecule has 0 aliphatic carbocycles. The van der Waals surface area contributed by atoms with E-state index in [4.69, 9.17) is 0 Å². The molecule has 0 heterocycles. The number of nitrogens with one attached hydrogen (secondary N) is 2. The molecule has 4 nitrogen and oxygen atoms in total. The van der Waals surface area contributed by atoms with Crippen LogP contribution in [-0.4, -0.2) is 18.9 Å². The first-order chi connectivity index (χ1) is 9.26. The van der Waals surface area contributed by atoms with E-state index in [0.29, 0.717) is 0 Å². The summed E-state index contributed by atoms with van der Waals surface area (Å²) in [6, 6.07) is 9.15. The van der Waals surface area contributed by atoms with Gasteiger partial charge in [-0.05, 0) is 18.6 Å². The van der Waals surface area contributed by atoms with Gasteiger partial charge in [-0.15, -0.1) is 0 Å². The van der Waals surface area contributed by atoms with Crippen LogP contribution in [0.5, 0.6) is 0 Å². The first-order valence-corrected chi connectivity index (χ1v) is 6.85. The zero-order valence-corrected chi connectivity index (χ0v) is 11.8. The van der Waals surface area contributed by atoms with Crippen LogP contribution >= 0.6 is 0 Å². The molecule has 0 spiro atoms. The van der Waals surface area contributed by atoms with Gasteiger partial charge in [0.25, 0.3) is 0 Å². The molecular formula is C15H23N3O. The summed E-state index contributed by atoms with van der Waals surface area (Å²) in [5.41, 5.74) is 0.779. The fourth-order valence-electron chi connectivity index (χ4n) is 1.76. The molecule has 0 unspecified atom stereocenters. The molecule has 2 amide bonds. The highest BCUT2D eigenvalue weighted by Gasteiger charge is 2.05. The molecule has 0 saturated heterocycles. The van der Waals surface area contributed by atoms with Gasteiger partial charge in [0.15, 0.2) is 0 Å². The number of amides is 2. The number of anilines is 1. The monoisotopic (exact) mass is 261 g/mol. The van der Waals surface area contributed by atoms with Crippen molar-refractivity contribution in [2.75, 3.05) is 12.4 Å². The van der Waals surface area contributed by atoms with Crippen molar-refractivity contribution in [1.82, 2.24) is 5.32 Å². The highest BCUT2D eigenvalue weighted by atomic mass is 16.2. The van der Waals surface area contributed by atoms with Gasteiger partial charge < -0.3 is 5.32 Å². The molecule has 0 aliphatic heterocycles. The van der Waals surface area contributed by atoms with Gasteiger partial charge in [0.05, 0.1) is 0 Å². The highest BCUT2D eigenvalue weighted by Crippen LogP contribution is 2.05. The molecule has 4 heteroatoms. The number of nitrogens with zero attached hydrogens (tertiary/aromatic N) is 1. The molecule has 104 valence electrons. The van der Waals surface area contributed by atoms with Crippen LogP contribution in [0.15, 0.2) is 35.3 Å². The molecular weight excluding hydrogens is 238 g/mol. The Labute approximate surface area is 115 Å². The van der Waals surface area contributed by atoms with E-state index >= 15 is 0 Å². The molecule has 0 fully saturated rings. The molecule has 1 rings (SSSR count). The number of rotatable bonds is 6. The molecule has 2 N–H and O–H groups in total. The Balaban J connectivity index is 2.33. The number of carbonyl (C=O) groups is 1. The molecule has 0 radical (unpaired) electrons. The predicted molar refractivity (Wildman–Crippen MR) is 80.7 cm³/mol.